The van der Waals surface area contributed by atoms with Crippen molar-refractivity contribution in [1.82, 2.24) is 14.5 Å². The molecule has 26 heavy (non-hydrogen) atoms. The molecule has 1 aromatic carbocycles. The van der Waals surface area contributed by atoms with E-state index in [2.05, 4.69) is 4.98 Å². The summed E-state index contributed by atoms with van der Waals surface area (Å²) < 4.78 is 7.76. The van der Waals surface area contributed by atoms with E-state index in [0.29, 0.717) is 18.1 Å². The summed E-state index contributed by atoms with van der Waals surface area (Å²) in [4.78, 5) is 19.0. The molecule has 0 saturated carbocycles. The number of benzene rings is 1. The topological polar surface area (TPSA) is 51.3 Å². The van der Waals surface area contributed by atoms with Gasteiger partial charge in [-0.15, -0.1) is 0 Å². The largest absolute Gasteiger partial charge is 0.455 e. The Kier molecular flexibility index (Phi) is 5.83. The molecule has 2 heterocycles. The van der Waals surface area contributed by atoms with Crippen molar-refractivity contribution in [2.75, 3.05) is 0 Å². The standard InChI is InChI=1S/C20H23N3O2S/c1-15(2)23(13-16-7-5-4-6-8-16)19(24)18-10-9-17(25-18)14-26-20-21-11-12-22(20)3/h4-12,15H,13-14H2,1-3H3. The summed E-state index contributed by atoms with van der Waals surface area (Å²) in [5.74, 6) is 1.70. The molecule has 2 aromatic heterocycles. The Morgan fingerprint density at radius 2 is 2.00 bits per heavy atom. The lowest BCUT2D eigenvalue weighted by Gasteiger charge is -2.26. The van der Waals surface area contributed by atoms with Gasteiger partial charge in [0.15, 0.2) is 10.9 Å². The van der Waals surface area contributed by atoms with Crippen molar-refractivity contribution in [2.24, 2.45) is 7.05 Å². The normalized spacial score (nSPS) is 11.1. The Morgan fingerprint density at radius 1 is 1.23 bits per heavy atom. The summed E-state index contributed by atoms with van der Waals surface area (Å²) in [6, 6.07) is 13.7. The molecule has 0 bridgehead atoms. The lowest BCUT2D eigenvalue weighted by atomic mass is 10.2. The van der Waals surface area contributed by atoms with Crippen LogP contribution in [0.3, 0.4) is 0 Å². The zero-order valence-corrected chi connectivity index (χ0v) is 16.1. The Balaban J connectivity index is 1.68. The van der Waals surface area contributed by atoms with Crippen molar-refractivity contribution in [3.8, 4) is 0 Å². The second-order valence-corrected chi connectivity index (χ2v) is 7.33. The van der Waals surface area contributed by atoms with Crippen molar-refractivity contribution in [3.63, 3.8) is 0 Å². The van der Waals surface area contributed by atoms with Crippen LogP contribution in [0.4, 0.5) is 0 Å². The number of rotatable bonds is 7. The maximum atomic E-state index is 12.9. The molecule has 0 unspecified atom stereocenters. The summed E-state index contributed by atoms with van der Waals surface area (Å²) in [6.07, 6.45) is 3.67. The van der Waals surface area contributed by atoms with E-state index >= 15 is 0 Å². The van der Waals surface area contributed by atoms with Gasteiger partial charge in [-0.05, 0) is 31.5 Å². The molecule has 0 atom stereocenters. The lowest BCUT2D eigenvalue weighted by molar-refractivity contribution is 0.0656. The second kappa shape index (κ2) is 8.27. The molecule has 0 saturated heterocycles. The van der Waals surface area contributed by atoms with Crippen molar-refractivity contribution in [2.45, 2.75) is 37.3 Å². The van der Waals surface area contributed by atoms with Crippen LogP contribution in [0.15, 0.2) is 64.4 Å². The van der Waals surface area contributed by atoms with E-state index in [1.807, 2.05) is 73.0 Å². The minimum Gasteiger partial charge on any atom is -0.455 e. The fourth-order valence-electron chi connectivity index (χ4n) is 2.61. The molecule has 0 aliphatic carbocycles. The molecule has 3 rings (SSSR count). The highest BCUT2D eigenvalue weighted by Crippen LogP contribution is 2.23. The highest BCUT2D eigenvalue weighted by atomic mass is 32.2. The first-order valence-electron chi connectivity index (χ1n) is 8.58. The van der Waals surface area contributed by atoms with Crippen LogP contribution in [-0.4, -0.2) is 26.4 Å². The van der Waals surface area contributed by atoms with Crippen LogP contribution < -0.4 is 0 Å². The second-order valence-electron chi connectivity index (χ2n) is 6.39. The number of hydrogen-bond acceptors (Lipinski definition) is 4. The fraction of sp³-hybridized carbons (Fsp3) is 0.300. The van der Waals surface area contributed by atoms with Crippen molar-refractivity contribution >= 4 is 17.7 Å². The summed E-state index contributed by atoms with van der Waals surface area (Å²) in [5, 5.41) is 0.919. The number of aryl methyl sites for hydroxylation is 1. The minimum absolute atomic E-state index is 0.0817. The molecule has 5 nitrogen and oxygen atoms in total. The van der Waals surface area contributed by atoms with E-state index in [4.69, 9.17) is 4.42 Å². The van der Waals surface area contributed by atoms with Crippen LogP contribution >= 0.6 is 11.8 Å². The van der Waals surface area contributed by atoms with Gasteiger partial charge in [0.1, 0.15) is 5.76 Å². The summed E-state index contributed by atoms with van der Waals surface area (Å²) in [5.41, 5.74) is 1.10. The predicted octanol–water partition coefficient (Wildman–Crippen LogP) is 4.36. The Bertz CT molecular complexity index is 855. The molecular weight excluding hydrogens is 346 g/mol. The van der Waals surface area contributed by atoms with Gasteiger partial charge in [0.05, 0.1) is 5.75 Å². The van der Waals surface area contributed by atoms with E-state index in [1.54, 1.807) is 24.0 Å². The van der Waals surface area contributed by atoms with Crippen molar-refractivity contribution < 1.29 is 9.21 Å². The van der Waals surface area contributed by atoms with Gasteiger partial charge in [-0.2, -0.15) is 0 Å². The summed E-state index contributed by atoms with van der Waals surface area (Å²) in [7, 11) is 1.95. The van der Waals surface area contributed by atoms with E-state index in [1.165, 1.54) is 0 Å². The third-order valence-corrected chi connectivity index (χ3v) is 5.15. The molecule has 0 radical (unpaired) electrons. The molecule has 0 aliphatic rings. The number of nitrogens with zero attached hydrogens (tertiary/aromatic N) is 3. The van der Waals surface area contributed by atoms with Gasteiger partial charge in [-0.3, -0.25) is 4.79 Å². The van der Waals surface area contributed by atoms with Gasteiger partial charge >= 0.3 is 0 Å². The first-order chi connectivity index (χ1) is 12.5. The van der Waals surface area contributed by atoms with E-state index < -0.39 is 0 Å². The molecular formula is C20H23N3O2S. The fourth-order valence-corrected chi connectivity index (χ4v) is 3.43. The first-order valence-corrected chi connectivity index (χ1v) is 9.57. The van der Waals surface area contributed by atoms with Crippen molar-refractivity contribution in [3.05, 3.63) is 71.9 Å². The van der Waals surface area contributed by atoms with Gasteiger partial charge in [0, 0.05) is 32.0 Å². The van der Waals surface area contributed by atoms with Crippen LogP contribution in [0.1, 0.15) is 35.7 Å². The van der Waals surface area contributed by atoms with Crippen LogP contribution in [-0.2, 0) is 19.3 Å². The highest BCUT2D eigenvalue weighted by Gasteiger charge is 2.22. The molecule has 3 aromatic rings. The molecule has 6 heteroatoms. The average molecular weight is 369 g/mol. The lowest BCUT2D eigenvalue weighted by Crippen LogP contribution is -2.36. The smallest absolute Gasteiger partial charge is 0.290 e. The van der Waals surface area contributed by atoms with Gasteiger partial charge < -0.3 is 13.9 Å². The van der Waals surface area contributed by atoms with E-state index in [-0.39, 0.29) is 11.9 Å². The van der Waals surface area contributed by atoms with Gasteiger partial charge in [-0.1, -0.05) is 42.1 Å². The van der Waals surface area contributed by atoms with Crippen LogP contribution in [0, 0.1) is 0 Å². The maximum absolute atomic E-state index is 12.9. The molecule has 136 valence electrons. The van der Waals surface area contributed by atoms with Crippen LogP contribution in [0.5, 0.6) is 0 Å². The van der Waals surface area contributed by atoms with Gasteiger partial charge in [0.25, 0.3) is 5.91 Å². The van der Waals surface area contributed by atoms with E-state index in [9.17, 15) is 4.79 Å². The summed E-state index contributed by atoms with van der Waals surface area (Å²) in [6.45, 7) is 4.60. The quantitative estimate of drug-likeness (QED) is 0.581. The first kappa shape index (κ1) is 18.3. The predicted molar refractivity (Wildman–Crippen MR) is 103 cm³/mol. The number of furan rings is 1. The molecule has 1 amide bonds. The SMILES string of the molecule is CC(C)N(Cc1ccccc1)C(=O)c1ccc(CSc2nccn2C)o1. The third kappa shape index (κ3) is 4.38. The number of aromatic nitrogens is 2. The van der Waals surface area contributed by atoms with Crippen molar-refractivity contribution in [1.29, 1.82) is 0 Å². The molecule has 0 aliphatic heterocycles. The minimum atomic E-state index is -0.0860. The number of amides is 1. The number of thioether (sulfide) groups is 1. The molecule has 0 fully saturated rings. The van der Waals surface area contributed by atoms with Gasteiger partial charge in [0.2, 0.25) is 0 Å². The number of hydrogen-bond donors (Lipinski definition) is 0. The summed E-state index contributed by atoms with van der Waals surface area (Å²) >= 11 is 1.58. The highest BCUT2D eigenvalue weighted by molar-refractivity contribution is 7.98. The molecule has 0 N–H and O–H groups in total. The zero-order valence-electron chi connectivity index (χ0n) is 15.3. The van der Waals surface area contributed by atoms with E-state index in [0.717, 1.165) is 16.5 Å². The number of carbonyl (C=O) groups is 1. The Labute approximate surface area is 158 Å². The monoisotopic (exact) mass is 369 g/mol. The molecule has 0 spiro atoms. The average Bonchev–Trinajstić information content (AvgIpc) is 3.27. The maximum Gasteiger partial charge on any atom is 0.290 e. The van der Waals surface area contributed by atoms with Crippen LogP contribution in [0.25, 0.3) is 0 Å². The Hall–Kier alpha value is -2.47. The Morgan fingerprint density at radius 3 is 2.65 bits per heavy atom. The van der Waals surface area contributed by atoms with Crippen LogP contribution in [0.2, 0.25) is 0 Å². The number of imidazole rings is 1. The van der Waals surface area contributed by atoms with Gasteiger partial charge in [-0.25, -0.2) is 4.98 Å². The third-order valence-electron chi connectivity index (χ3n) is 4.07. The zero-order chi connectivity index (χ0) is 18.5. The number of carbonyl (C=O) groups excluding carboxylic acids is 1.